The fourth-order valence-electron chi connectivity index (χ4n) is 3.22. The predicted molar refractivity (Wildman–Crippen MR) is 122 cm³/mol. The molecule has 6 nitrogen and oxygen atoms in total. The molecule has 0 atom stereocenters. The standard InChI is InChI=1S/C23H32N4O2/c1-7-26(8-2)21-13-14-22(17(3)15-21)24-23(29)16-27(18(4)28)20-11-9-19(10-12-20)25(5)6/h9-15H,7-8,16H2,1-6H3,(H,24,29). The van der Waals surface area contributed by atoms with E-state index in [9.17, 15) is 9.59 Å². The smallest absolute Gasteiger partial charge is 0.244 e. The fraction of sp³-hybridized carbons (Fsp3) is 0.391. The second-order valence-corrected chi connectivity index (χ2v) is 7.24. The third-order valence-corrected chi connectivity index (χ3v) is 4.97. The molecule has 0 bridgehead atoms. The number of rotatable bonds is 8. The predicted octanol–water partition coefficient (Wildman–Crippen LogP) is 3.90. The van der Waals surface area contributed by atoms with E-state index in [1.807, 2.05) is 62.3 Å². The lowest BCUT2D eigenvalue weighted by atomic mass is 10.1. The molecule has 0 saturated heterocycles. The number of hydrogen-bond acceptors (Lipinski definition) is 4. The summed E-state index contributed by atoms with van der Waals surface area (Å²) in [4.78, 5) is 30.5. The number of nitrogens with one attached hydrogen (secondary N) is 1. The van der Waals surface area contributed by atoms with E-state index in [1.54, 1.807) is 0 Å². The Kier molecular flexibility index (Phi) is 7.65. The van der Waals surface area contributed by atoms with Gasteiger partial charge >= 0.3 is 0 Å². The van der Waals surface area contributed by atoms with Gasteiger partial charge in [0.25, 0.3) is 0 Å². The molecule has 0 radical (unpaired) electrons. The molecule has 0 saturated carbocycles. The van der Waals surface area contributed by atoms with Crippen LogP contribution in [0.5, 0.6) is 0 Å². The fourth-order valence-corrected chi connectivity index (χ4v) is 3.22. The highest BCUT2D eigenvalue weighted by atomic mass is 16.2. The van der Waals surface area contributed by atoms with Crippen molar-refractivity contribution in [3.8, 4) is 0 Å². The van der Waals surface area contributed by atoms with E-state index < -0.39 is 0 Å². The van der Waals surface area contributed by atoms with Crippen molar-refractivity contribution in [1.29, 1.82) is 0 Å². The van der Waals surface area contributed by atoms with Crippen LogP contribution < -0.4 is 20.0 Å². The van der Waals surface area contributed by atoms with E-state index in [-0.39, 0.29) is 18.4 Å². The third-order valence-electron chi connectivity index (χ3n) is 4.97. The van der Waals surface area contributed by atoms with Crippen molar-refractivity contribution in [1.82, 2.24) is 0 Å². The highest BCUT2D eigenvalue weighted by molar-refractivity contribution is 6.02. The molecular formula is C23H32N4O2. The van der Waals surface area contributed by atoms with Gasteiger partial charge in [0.1, 0.15) is 6.54 Å². The zero-order chi connectivity index (χ0) is 21.6. The summed E-state index contributed by atoms with van der Waals surface area (Å²) in [5.74, 6) is -0.401. The van der Waals surface area contributed by atoms with Crippen LogP contribution >= 0.6 is 0 Å². The van der Waals surface area contributed by atoms with Gasteiger partial charge in [-0.3, -0.25) is 9.59 Å². The maximum Gasteiger partial charge on any atom is 0.244 e. The molecule has 0 aliphatic rings. The maximum absolute atomic E-state index is 12.6. The lowest BCUT2D eigenvalue weighted by Crippen LogP contribution is -2.36. The Hall–Kier alpha value is -3.02. The van der Waals surface area contributed by atoms with Crippen LogP contribution in [0.3, 0.4) is 0 Å². The van der Waals surface area contributed by atoms with Crippen LogP contribution in [0.25, 0.3) is 0 Å². The summed E-state index contributed by atoms with van der Waals surface area (Å²) in [6.07, 6.45) is 0. The summed E-state index contributed by atoms with van der Waals surface area (Å²) in [5, 5.41) is 2.94. The number of carbonyl (C=O) groups excluding carboxylic acids is 2. The molecule has 1 N–H and O–H groups in total. The molecule has 0 aromatic heterocycles. The summed E-state index contributed by atoms with van der Waals surface area (Å²) >= 11 is 0. The molecule has 2 rings (SSSR count). The van der Waals surface area contributed by atoms with Gasteiger partial charge in [-0.15, -0.1) is 0 Å². The first-order valence-electron chi connectivity index (χ1n) is 9.97. The van der Waals surface area contributed by atoms with Crippen molar-refractivity contribution < 1.29 is 9.59 Å². The number of benzene rings is 2. The van der Waals surface area contributed by atoms with E-state index in [0.29, 0.717) is 5.69 Å². The second kappa shape index (κ2) is 9.96. The Balaban J connectivity index is 2.12. The zero-order valence-corrected chi connectivity index (χ0v) is 18.3. The Bertz CT molecular complexity index is 842. The first kappa shape index (κ1) is 22.3. The van der Waals surface area contributed by atoms with Gasteiger partial charge in [-0.1, -0.05) is 0 Å². The van der Waals surface area contributed by atoms with Gasteiger partial charge in [-0.05, 0) is 68.8 Å². The average Bonchev–Trinajstić information content (AvgIpc) is 2.69. The molecular weight excluding hydrogens is 364 g/mol. The van der Waals surface area contributed by atoms with Crippen molar-refractivity contribution in [2.24, 2.45) is 0 Å². The highest BCUT2D eigenvalue weighted by Crippen LogP contribution is 2.23. The number of anilines is 4. The number of aryl methyl sites for hydroxylation is 1. The van der Waals surface area contributed by atoms with E-state index in [0.717, 1.165) is 35.7 Å². The topological polar surface area (TPSA) is 55.9 Å². The Morgan fingerprint density at radius 1 is 0.897 bits per heavy atom. The first-order chi connectivity index (χ1) is 13.8. The maximum atomic E-state index is 12.6. The summed E-state index contributed by atoms with van der Waals surface area (Å²) < 4.78 is 0. The molecule has 0 spiro atoms. The number of amides is 2. The van der Waals surface area contributed by atoms with Crippen molar-refractivity contribution in [3.05, 3.63) is 48.0 Å². The molecule has 0 heterocycles. The quantitative estimate of drug-likeness (QED) is 0.735. The van der Waals surface area contributed by atoms with Crippen LogP contribution in [0, 0.1) is 6.92 Å². The Morgan fingerprint density at radius 3 is 1.93 bits per heavy atom. The van der Waals surface area contributed by atoms with Gasteiger partial charge in [-0.2, -0.15) is 0 Å². The number of carbonyl (C=O) groups is 2. The van der Waals surface area contributed by atoms with Gasteiger partial charge in [0.15, 0.2) is 0 Å². The Morgan fingerprint density at radius 2 is 1.45 bits per heavy atom. The van der Waals surface area contributed by atoms with E-state index >= 15 is 0 Å². The minimum atomic E-state index is -0.226. The summed E-state index contributed by atoms with van der Waals surface area (Å²) in [6, 6.07) is 13.6. The Labute approximate surface area is 174 Å². The zero-order valence-electron chi connectivity index (χ0n) is 18.3. The molecule has 0 unspecified atom stereocenters. The average molecular weight is 397 g/mol. The molecule has 2 aromatic carbocycles. The lowest BCUT2D eigenvalue weighted by molar-refractivity contribution is -0.120. The van der Waals surface area contributed by atoms with Crippen molar-refractivity contribution >= 4 is 34.6 Å². The molecule has 2 amide bonds. The molecule has 2 aromatic rings. The van der Waals surface area contributed by atoms with E-state index in [4.69, 9.17) is 0 Å². The van der Waals surface area contributed by atoms with Crippen LogP contribution in [0.1, 0.15) is 26.3 Å². The summed E-state index contributed by atoms with van der Waals surface area (Å²) in [7, 11) is 3.91. The largest absolute Gasteiger partial charge is 0.378 e. The minimum Gasteiger partial charge on any atom is -0.378 e. The van der Waals surface area contributed by atoms with Crippen LogP contribution in [-0.2, 0) is 9.59 Å². The summed E-state index contributed by atoms with van der Waals surface area (Å²) in [6.45, 7) is 9.52. The molecule has 29 heavy (non-hydrogen) atoms. The van der Waals surface area contributed by atoms with Crippen LogP contribution in [0.4, 0.5) is 22.7 Å². The van der Waals surface area contributed by atoms with Crippen molar-refractivity contribution in [2.75, 3.05) is 53.7 Å². The molecule has 0 fully saturated rings. The van der Waals surface area contributed by atoms with Crippen molar-refractivity contribution in [3.63, 3.8) is 0 Å². The van der Waals surface area contributed by atoms with Crippen molar-refractivity contribution in [2.45, 2.75) is 27.7 Å². The van der Waals surface area contributed by atoms with E-state index in [1.165, 1.54) is 11.8 Å². The monoisotopic (exact) mass is 396 g/mol. The second-order valence-electron chi connectivity index (χ2n) is 7.24. The molecule has 156 valence electrons. The third kappa shape index (κ3) is 5.73. The number of hydrogen-bond donors (Lipinski definition) is 1. The highest BCUT2D eigenvalue weighted by Gasteiger charge is 2.17. The normalized spacial score (nSPS) is 10.4. The molecule has 0 aliphatic carbocycles. The van der Waals surface area contributed by atoms with Crippen LogP contribution in [0.15, 0.2) is 42.5 Å². The number of nitrogens with zero attached hydrogens (tertiary/aromatic N) is 3. The van der Waals surface area contributed by atoms with Gasteiger partial charge in [-0.25, -0.2) is 0 Å². The van der Waals surface area contributed by atoms with Gasteiger partial charge in [0.2, 0.25) is 11.8 Å². The lowest BCUT2D eigenvalue weighted by Gasteiger charge is -2.23. The van der Waals surface area contributed by atoms with Gasteiger partial charge < -0.3 is 20.0 Å². The SMILES string of the molecule is CCN(CC)c1ccc(NC(=O)CN(C(C)=O)c2ccc(N(C)C)cc2)c(C)c1. The first-order valence-corrected chi connectivity index (χ1v) is 9.97. The summed E-state index contributed by atoms with van der Waals surface area (Å²) in [5.41, 5.74) is 4.62. The van der Waals surface area contributed by atoms with E-state index in [2.05, 4.69) is 30.1 Å². The molecule has 6 heteroatoms. The minimum absolute atomic E-state index is 0.0338. The van der Waals surface area contributed by atoms with Gasteiger partial charge in [0.05, 0.1) is 0 Å². The van der Waals surface area contributed by atoms with Crippen LogP contribution in [-0.4, -0.2) is 45.5 Å². The molecule has 0 aliphatic heterocycles. The van der Waals surface area contributed by atoms with Crippen LogP contribution in [0.2, 0.25) is 0 Å². The van der Waals surface area contributed by atoms with Gasteiger partial charge in [0, 0.05) is 56.9 Å².